The molecule has 10 heteroatoms. The number of fused-ring (bicyclic) bond motifs is 1. The molecule has 0 aliphatic carbocycles. The largest absolute Gasteiger partial charge is 0.466 e. The van der Waals surface area contributed by atoms with Crippen molar-refractivity contribution in [2.45, 2.75) is 35.8 Å². The number of carbonyl (C=O) groups is 3. The Labute approximate surface area is 180 Å². The fourth-order valence-electron chi connectivity index (χ4n) is 5.57. The Hall–Kier alpha value is -1.36. The molecular weight excluding hydrogens is 410 g/mol. The molecule has 1 spiro atoms. The van der Waals surface area contributed by atoms with Crippen LogP contribution in [-0.2, 0) is 23.9 Å². The SMILES string of the molecule is CCOC(=O)[C@@H]1[C@H]2C(=O)N(CCO)C(C(=O)NCCN3CCOCC3)C23CC[C@H]1S3. The smallest absolute Gasteiger partial charge is 0.310 e. The number of nitrogens with zero attached hydrogens (tertiary/aromatic N) is 2. The molecule has 0 aromatic heterocycles. The summed E-state index contributed by atoms with van der Waals surface area (Å²) in [4.78, 5) is 43.0. The summed E-state index contributed by atoms with van der Waals surface area (Å²) in [6.07, 6.45) is 1.51. The second-order valence-electron chi connectivity index (χ2n) is 8.31. The van der Waals surface area contributed by atoms with Crippen LogP contribution in [0.2, 0.25) is 0 Å². The average molecular weight is 442 g/mol. The van der Waals surface area contributed by atoms with Gasteiger partial charge in [0.15, 0.2) is 0 Å². The fourth-order valence-corrected chi connectivity index (χ4v) is 7.77. The second-order valence-corrected chi connectivity index (χ2v) is 9.91. The molecule has 0 aromatic rings. The van der Waals surface area contributed by atoms with Crippen molar-refractivity contribution < 1.29 is 29.0 Å². The van der Waals surface area contributed by atoms with Crippen LogP contribution in [0.3, 0.4) is 0 Å². The Morgan fingerprint density at radius 3 is 2.80 bits per heavy atom. The van der Waals surface area contributed by atoms with Gasteiger partial charge in [-0.05, 0) is 19.8 Å². The zero-order valence-corrected chi connectivity index (χ0v) is 18.2. The summed E-state index contributed by atoms with van der Waals surface area (Å²) in [7, 11) is 0. The summed E-state index contributed by atoms with van der Waals surface area (Å²) in [5.41, 5.74) is 0. The lowest BCUT2D eigenvalue weighted by atomic mass is 9.71. The lowest BCUT2D eigenvalue weighted by Gasteiger charge is -2.34. The molecule has 4 aliphatic heterocycles. The van der Waals surface area contributed by atoms with Gasteiger partial charge in [-0.2, -0.15) is 0 Å². The van der Waals surface area contributed by atoms with Gasteiger partial charge in [0.2, 0.25) is 11.8 Å². The number of aliphatic hydroxyl groups excluding tert-OH is 1. The number of likely N-dealkylation sites (tertiary alicyclic amines) is 1. The minimum absolute atomic E-state index is 0.0120. The highest BCUT2D eigenvalue weighted by molar-refractivity contribution is 8.02. The minimum Gasteiger partial charge on any atom is -0.466 e. The van der Waals surface area contributed by atoms with Gasteiger partial charge in [0, 0.05) is 38.0 Å². The average Bonchev–Trinajstić information content (AvgIpc) is 3.37. The third-order valence-electron chi connectivity index (χ3n) is 6.78. The first kappa shape index (κ1) is 21.9. The van der Waals surface area contributed by atoms with Crippen molar-refractivity contribution in [1.29, 1.82) is 0 Å². The first-order valence-electron chi connectivity index (χ1n) is 10.9. The van der Waals surface area contributed by atoms with E-state index < -0.39 is 22.6 Å². The maximum absolute atomic E-state index is 13.3. The summed E-state index contributed by atoms with van der Waals surface area (Å²) < 4.78 is 10.0. The van der Waals surface area contributed by atoms with Crippen molar-refractivity contribution in [3.63, 3.8) is 0 Å². The normalized spacial score (nSPS) is 35.5. The molecular formula is C20H31N3O6S. The van der Waals surface area contributed by atoms with Gasteiger partial charge < -0.3 is 24.8 Å². The van der Waals surface area contributed by atoms with Crippen molar-refractivity contribution in [2.24, 2.45) is 11.8 Å². The van der Waals surface area contributed by atoms with Crippen LogP contribution in [0.15, 0.2) is 0 Å². The van der Waals surface area contributed by atoms with Gasteiger partial charge in [0.05, 0.1) is 43.0 Å². The second kappa shape index (κ2) is 9.02. The van der Waals surface area contributed by atoms with E-state index in [4.69, 9.17) is 9.47 Å². The van der Waals surface area contributed by atoms with Gasteiger partial charge in [-0.15, -0.1) is 11.8 Å². The van der Waals surface area contributed by atoms with E-state index in [2.05, 4.69) is 10.2 Å². The third kappa shape index (κ3) is 3.61. The molecule has 4 fully saturated rings. The first-order valence-corrected chi connectivity index (χ1v) is 11.7. The number of morpholine rings is 1. The quantitative estimate of drug-likeness (QED) is 0.466. The van der Waals surface area contributed by atoms with E-state index in [-0.39, 0.29) is 42.8 Å². The Bertz CT molecular complexity index is 687. The summed E-state index contributed by atoms with van der Waals surface area (Å²) in [5.74, 6) is -1.80. The lowest BCUT2D eigenvalue weighted by molar-refractivity contribution is -0.153. The maximum Gasteiger partial charge on any atom is 0.310 e. The Morgan fingerprint density at radius 2 is 2.10 bits per heavy atom. The molecule has 9 nitrogen and oxygen atoms in total. The van der Waals surface area contributed by atoms with Crippen molar-refractivity contribution in [2.75, 3.05) is 59.2 Å². The molecule has 0 saturated carbocycles. The molecule has 30 heavy (non-hydrogen) atoms. The van der Waals surface area contributed by atoms with E-state index in [1.807, 2.05) is 0 Å². The van der Waals surface area contributed by atoms with Gasteiger partial charge in [0.25, 0.3) is 0 Å². The van der Waals surface area contributed by atoms with Crippen LogP contribution in [-0.4, -0.2) is 108 Å². The molecule has 4 heterocycles. The van der Waals surface area contributed by atoms with Crippen molar-refractivity contribution in [3.8, 4) is 0 Å². The number of carbonyl (C=O) groups excluding carboxylic acids is 3. The molecule has 2 amide bonds. The Balaban J connectivity index is 1.50. The number of nitrogens with one attached hydrogen (secondary N) is 1. The monoisotopic (exact) mass is 441 g/mol. The van der Waals surface area contributed by atoms with E-state index in [9.17, 15) is 19.5 Å². The van der Waals surface area contributed by atoms with Crippen LogP contribution in [0.25, 0.3) is 0 Å². The molecule has 168 valence electrons. The van der Waals surface area contributed by atoms with Gasteiger partial charge in [-0.25, -0.2) is 0 Å². The number of β-amino-alcohol motifs (C(OH)–C–C–N with tert-alkyl or cyclic N) is 1. The van der Waals surface area contributed by atoms with E-state index in [1.54, 1.807) is 18.7 Å². The number of aliphatic hydroxyl groups is 1. The fraction of sp³-hybridized carbons (Fsp3) is 0.850. The maximum atomic E-state index is 13.3. The highest BCUT2D eigenvalue weighted by Gasteiger charge is 2.73. The lowest BCUT2D eigenvalue weighted by Crippen LogP contribution is -2.54. The first-order chi connectivity index (χ1) is 14.5. The van der Waals surface area contributed by atoms with Crippen LogP contribution < -0.4 is 5.32 Å². The zero-order chi connectivity index (χ0) is 21.3. The third-order valence-corrected chi connectivity index (χ3v) is 8.73. The van der Waals surface area contributed by atoms with Crippen LogP contribution in [0.1, 0.15) is 19.8 Å². The Morgan fingerprint density at radius 1 is 1.33 bits per heavy atom. The van der Waals surface area contributed by atoms with Crippen molar-refractivity contribution >= 4 is 29.5 Å². The topological polar surface area (TPSA) is 108 Å². The van der Waals surface area contributed by atoms with Crippen molar-refractivity contribution in [1.82, 2.24) is 15.1 Å². The molecule has 2 N–H and O–H groups in total. The molecule has 0 radical (unpaired) electrons. The van der Waals surface area contributed by atoms with Crippen LogP contribution in [0, 0.1) is 11.8 Å². The predicted molar refractivity (Wildman–Crippen MR) is 110 cm³/mol. The van der Waals surface area contributed by atoms with Gasteiger partial charge >= 0.3 is 5.97 Å². The molecule has 2 unspecified atom stereocenters. The van der Waals surface area contributed by atoms with Gasteiger partial charge in [0.1, 0.15) is 6.04 Å². The van der Waals surface area contributed by atoms with Crippen LogP contribution >= 0.6 is 11.8 Å². The number of ether oxygens (including phenoxy) is 2. The summed E-state index contributed by atoms with van der Waals surface area (Å²) in [5, 5.41) is 12.6. The number of amides is 2. The standard InChI is InChI=1S/C20H31N3O6S/c1-2-29-19(27)14-13-3-4-20(30-13)15(14)18(26)23(7-10-24)16(20)17(25)21-5-6-22-8-11-28-12-9-22/h13-16,24H,2-12H2,1H3,(H,21,25)/t13-,14+,15+,16?,20?/m1/s1. The van der Waals surface area contributed by atoms with Crippen molar-refractivity contribution in [3.05, 3.63) is 0 Å². The van der Waals surface area contributed by atoms with Gasteiger partial charge in [-0.1, -0.05) is 0 Å². The summed E-state index contributed by atoms with van der Waals surface area (Å²) in [6.45, 7) is 6.22. The minimum atomic E-state index is -0.665. The number of hydrogen-bond donors (Lipinski definition) is 2. The van der Waals surface area contributed by atoms with E-state index >= 15 is 0 Å². The zero-order valence-electron chi connectivity index (χ0n) is 17.4. The summed E-state index contributed by atoms with van der Waals surface area (Å²) in [6, 6.07) is -0.665. The molecule has 0 aromatic carbocycles. The molecule has 4 aliphatic rings. The number of esters is 1. The predicted octanol–water partition coefficient (Wildman–Crippen LogP) is -0.919. The van der Waals surface area contributed by atoms with E-state index in [0.717, 1.165) is 32.5 Å². The van der Waals surface area contributed by atoms with Crippen LogP contribution in [0.5, 0.6) is 0 Å². The highest BCUT2D eigenvalue weighted by atomic mass is 32.2. The van der Waals surface area contributed by atoms with E-state index in [0.29, 0.717) is 19.8 Å². The summed E-state index contributed by atoms with van der Waals surface area (Å²) >= 11 is 1.61. The van der Waals surface area contributed by atoms with E-state index in [1.165, 1.54) is 4.90 Å². The molecule has 4 saturated heterocycles. The number of hydrogen-bond acceptors (Lipinski definition) is 8. The van der Waals surface area contributed by atoms with Crippen LogP contribution in [0.4, 0.5) is 0 Å². The number of rotatable bonds is 8. The molecule has 5 atom stereocenters. The highest BCUT2D eigenvalue weighted by Crippen LogP contribution is 2.66. The Kier molecular flexibility index (Phi) is 6.57. The molecule has 4 rings (SSSR count). The molecule has 2 bridgehead atoms. The van der Waals surface area contributed by atoms with Gasteiger partial charge in [-0.3, -0.25) is 19.3 Å². The number of thioether (sulfide) groups is 1.